The highest BCUT2D eigenvalue weighted by atomic mass is 127. The summed E-state index contributed by atoms with van der Waals surface area (Å²) in [6.07, 6.45) is -4.10. The predicted octanol–water partition coefficient (Wildman–Crippen LogP) is 1.09. The topological polar surface area (TPSA) is 169 Å². The van der Waals surface area contributed by atoms with Crippen molar-refractivity contribution >= 4 is 36.2 Å². The Morgan fingerprint density at radius 2 is 2.03 bits per heavy atom. The number of ether oxygens (including phenoxy) is 1. The molecule has 0 aromatic heterocycles. The van der Waals surface area contributed by atoms with E-state index in [1.807, 2.05) is 0 Å². The molecule has 30 heavy (non-hydrogen) atoms. The Bertz CT molecular complexity index is 683. The quantitative estimate of drug-likeness (QED) is 0.149. The summed E-state index contributed by atoms with van der Waals surface area (Å²) >= 11 is 1.75. The molecule has 1 rings (SSSR count). The minimum atomic E-state index is -4.75. The lowest BCUT2D eigenvalue weighted by molar-refractivity contribution is -0.141. The van der Waals surface area contributed by atoms with E-state index in [-0.39, 0.29) is 12.8 Å². The van der Waals surface area contributed by atoms with Gasteiger partial charge in [-0.1, -0.05) is 13.8 Å². The molecular formula is C16H29FIN2O9P. The summed E-state index contributed by atoms with van der Waals surface area (Å²) in [5.74, 6) is -2.64. The summed E-state index contributed by atoms with van der Waals surface area (Å²) < 4.78 is 37.8. The van der Waals surface area contributed by atoms with Crippen LogP contribution in [0.1, 0.15) is 40.0 Å². The maximum Gasteiger partial charge on any atom is 0.361 e. The largest absolute Gasteiger partial charge is 0.394 e. The van der Waals surface area contributed by atoms with Crippen molar-refractivity contribution in [2.24, 2.45) is 0 Å². The zero-order chi connectivity index (χ0) is 23.3. The Kier molecular flexibility index (Phi) is 10.1. The summed E-state index contributed by atoms with van der Waals surface area (Å²) in [4.78, 5) is 23.0. The van der Waals surface area contributed by atoms with Gasteiger partial charge in [0.05, 0.1) is 16.8 Å². The number of rotatable bonds is 12. The second kappa shape index (κ2) is 11.0. The summed E-state index contributed by atoms with van der Waals surface area (Å²) in [6, 6.07) is -0.822. The fourth-order valence-corrected chi connectivity index (χ4v) is 4.03. The standard InChI is InChI=1S/C16H29FIN2O9P/c1-4-15(3,25)30(26,27)29-16(17,5-2)6-7-28-13(11(22)9-21)20-8-10(18)12(23)19-14(20)24/h8,11-13,21-23,25H,4-7,9H2,1-3H3,(H,19,24)(H,26,27)/t11-,12?,13-,15-,16?/m1/s1. The lowest BCUT2D eigenvalue weighted by atomic mass is 10.2. The number of amides is 2. The highest BCUT2D eigenvalue weighted by Gasteiger charge is 2.48. The Balaban J connectivity index is 2.91. The lowest BCUT2D eigenvalue weighted by Crippen LogP contribution is -2.55. The Hall–Kier alpha value is -0.380. The van der Waals surface area contributed by atoms with Gasteiger partial charge in [0.15, 0.2) is 17.8 Å². The number of carbonyl (C=O) groups is 1. The van der Waals surface area contributed by atoms with Gasteiger partial charge in [-0.2, -0.15) is 0 Å². The van der Waals surface area contributed by atoms with Crippen molar-refractivity contribution in [2.45, 2.75) is 69.8 Å². The van der Waals surface area contributed by atoms with E-state index in [4.69, 9.17) is 9.26 Å². The van der Waals surface area contributed by atoms with Crippen molar-refractivity contribution in [2.75, 3.05) is 13.2 Å². The molecule has 0 spiro atoms. The van der Waals surface area contributed by atoms with Crippen molar-refractivity contribution in [3.05, 3.63) is 9.78 Å². The second-order valence-corrected chi connectivity index (χ2v) is 10.4. The number of aliphatic hydroxyl groups is 4. The van der Waals surface area contributed by atoms with Gasteiger partial charge in [-0.15, -0.1) is 0 Å². The van der Waals surface area contributed by atoms with Crippen molar-refractivity contribution in [3.63, 3.8) is 0 Å². The van der Waals surface area contributed by atoms with Crippen molar-refractivity contribution in [1.29, 1.82) is 0 Å². The van der Waals surface area contributed by atoms with Gasteiger partial charge in [-0.05, 0) is 35.9 Å². The highest BCUT2D eigenvalue weighted by Crippen LogP contribution is 2.59. The number of alkyl halides is 1. The molecule has 0 aliphatic carbocycles. The van der Waals surface area contributed by atoms with Gasteiger partial charge in [0.1, 0.15) is 6.10 Å². The van der Waals surface area contributed by atoms with E-state index in [1.165, 1.54) is 20.0 Å². The molecule has 11 nitrogen and oxygen atoms in total. The molecule has 2 amide bonds. The Morgan fingerprint density at radius 3 is 2.53 bits per heavy atom. The molecule has 6 N–H and O–H groups in total. The zero-order valence-electron chi connectivity index (χ0n) is 16.9. The van der Waals surface area contributed by atoms with E-state index < -0.39 is 63.0 Å². The van der Waals surface area contributed by atoms with Crippen LogP contribution in [0.25, 0.3) is 0 Å². The molecule has 1 aliphatic heterocycles. The Labute approximate surface area is 187 Å². The third-order valence-electron chi connectivity index (χ3n) is 4.67. The van der Waals surface area contributed by atoms with E-state index in [1.54, 1.807) is 22.6 Å². The van der Waals surface area contributed by atoms with Crippen LogP contribution in [0.15, 0.2) is 9.78 Å². The number of aliphatic hydroxyl groups excluding tert-OH is 3. The third-order valence-corrected chi connectivity index (χ3v) is 7.64. The van der Waals surface area contributed by atoms with Gasteiger partial charge in [0.2, 0.25) is 5.85 Å². The SMILES string of the molecule is CCC(F)(CCO[C@H]([C@H](O)CO)N1C=C(I)C(O)NC1=O)OP(=O)(O)[C@@](C)(O)CC. The summed E-state index contributed by atoms with van der Waals surface area (Å²) in [5.41, 5.74) is 0. The van der Waals surface area contributed by atoms with Crippen LogP contribution in [0.3, 0.4) is 0 Å². The Morgan fingerprint density at radius 1 is 1.43 bits per heavy atom. The average Bonchev–Trinajstić information content (AvgIpc) is 2.67. The first kappa shape index (κ1) is 27.7. The summed E-state index contributed by atoms with van der Waals surface area (Å²) in [6.45, 7) is 2.61. The van der Waals surface area contributed by atoms with E-state index >= 15 is 4.39 Å². The molecule has 0 radical (unpaired) electrons. The van der Waals surface area contributed by atoms with Crippen molar-refractivity contribution in [1.82, 2.24) is 10.2 Å². The molecule has 176 valence electrons. The first-order valence-corrected chi connectivity index (χ1v) is 11.9. The van der Waals surface area contributed by atoms with Crippen LogP contribution in [-0.2, 0) is 13.8 Å². The zero-order valence-corrected chi connectivity index (χ0v) is 19.9. The fourth-order valence-electron chi connectivity index (χ4n) is 2.32. The van der Waals surface area contributed by atoms with Crippen LogP contribution in [0.5, 0.6) is 0 Å². The van der Waals surface area contributed by atoms with Crippen LogP contribution in [-0.4, -0.2) is 79.2 Å². The predicted molar refractivity (Wildman–Crippen MR) is 112 cm³/mol. The molecule has 6 atom stereocenters. The molecule has 14 heteroatoms. The van der Waals surface area contributed by atoms with Crippen LogP contribution in [0.2, 0.25) is 0 Å². The first-order valence-electron chi connectivity index (χ1n) is 9.23. The number of urea groups is 1. The van der Waals surface area contributed by atoms with Crippen LogP contribution in [0.4, 0.5) is 9.18 Å². The lowest BCUT2D eigenvalue weighted by Gasteiger charge is -2.36. The number of hydrogen-bond acceptors (Lipinski definition) is 8. The van der Waals surface area contributed by atoms with Gasteiger partial charge in [-0.3, -0.25) is 14.0 Å². The van der Waals surface area contributed by atoms with Crippen molar-refractivity contribution < 1.29 is 48.3 Å². The average molecular weight is 570 g/mol. The van der Waals surface area contributed by atoms with Crippen LogP contribution >= 0.6 is 30.2 Å². The molecule has 0 bridgehead atoms. The van der Waals surface area contributed by atoms with Gasteiger partial charge in [-0.25, -0.2) is 9.18 Å². The normalized spacial score (nSPS) is 25.4. The maximum absolute atomic E-state index is 15.1. The molecule has 0 saturated carbocycles. The van der Waals surface area contributed by atoms with Gasteiger partial charge < -0.3 is 35.4 Å². The monoisotopic (exact) mass is 570 g/mol. The molecular weight excluding hydrogens is 541 g/mol. The van der Waals surface area contributed by atoms with E-state index in [0.29, 0.717) is 3.58 Å². The fraction of sp³-hybridized carbons (Fsp3) is 0.812. The third kappa shape index (κ3) is 6.81. The molecule has 3 unspecified atom stereocenters. The van der Waals surface area contributed by atoms with Crippen LogP contribution < -0.4 is 5.32 Å². The van der Waals surface area contributed by atoms with E-state index in [0.717, 1.165) is 11.8 Å². The van der Waals surface area contributed by atoms with Crippen molar-refractivity contribution in [3.8, 4) is 0 Å². The highest BCUT2D eigenvalue weighted by molar-refractivity contribution is 14.1. The smallest absolute Gasteiger partial charge is 0.361 e. The number of nitrogens with zero attached hydrogens (tertiary/aromatic N) is 1. The number of carbonyl (C=O) groups excluding carboxylic acids is 1. The number of hydrogen-bond donors (Lipinski definition) is 6. The molecule has 0 aromatic carbocycles. The van der Waals surface area contributed by atoms with Gasteiger partial charge >= 0.3 is 13.6 Å². The maximum atomic E-state index is 15.1. The number of halogens is 2. The minimum Gasteiger partial charge on any atom is -0.394 e. The van der Waals surface area contributed by atoms with Gasteiger partial charge in [0.25, 0.3) is 0 Å². The second-order valence-electron chi connectivity index (χ2n) is 6.95. The summed E-state index contributed by atoms with van der Waals surface area (Å²) in [7, 11) is -4.75. The van der Waals surface area contributed by atoms with Gasteiger partial charge in [0, 0.05) is 19.0 Å². The molecule has 0 fully saturated rings. The molecule has 1 aliphatic rings. The van der Waals surface area contributed by atoms with E-state index in [2.05, 4.69) is 5.32 Å². The minimum absolute atomic E-state index is 0.150. The first-order chi connectivity index (χ1) is 13.7. The van der Waals surface area contributed by atoms with E-state index in [9.17, 15) is 34.7 Å². The molecule has 1 heterocycles. The number of nitrogens with one attached hydrogen (secondary N) is 1. The molecule has 0 aromatic rings. The molecule has 0 saturated heterocycles. The summed E-state index contributed by atoms with van der Waals surface area (Å²) in [5, 5.41) is 39.0. The van der Waals surface area contributed by atoms with Crippen LogP contribution in [0, 0.1) is 0 Å².